The lowest BCUT2D eigenvalue weighted by atomic mass is 10.1. The molecule has 0 atom stereocenters. The van der Waals surface area contributed by atoms with Crippen molar-refractivity contribution in [1.29, 1.82) is 0 Å². The lowest BCUT2D eigenvalue weighted by Crippen LogP contribution is -2.36. The van der Waals surface area contributed by atoms with E-state index < -0.39 is 0 Å². The second-order valence-electron chi connectivity index (χ2n) is 5.35. The molecule has 0 fully saturated rings. The van der Waals surface area contributed by atoms with Crippen LogP contribution >= 0.6 is 0 Å². The third-order valence-electron chi connectivity index (χ3n) is 2.89. The minimum absolute atomic E-state index is 0.0811. The van der Waals surface area contributed by atoms with Crippen LogP contribution in [0.2, 0.25) is 0 Å². The minimum Gasteiger partial charge on any atom is -0.409 e. The van der Waals surface area contributed by atoms with Gasteiger partial charge in [0.25, 0.3) is 5.56 Å². The first kappa shape index (κ1) is 13.9. The highest BCUT2D eigenvalue weighted by atomic mass is 16.4. The van der Waals surface area contributed by atoms with E-state index in [2.05, 4.69) is 10.1 Å². The number of oxime groups is 1. The van der Waals surface area contributed by atoms with Crippen molar-refractivity contribution in [1.82, 2.24) is 14.1 Å². The van der Waals surface area contributed by atoms with Gasteiger partial charge in [-0.2, -0.15) is 0 Å². The zero-order valence-electron chi connectivity index (χ0n) is 11.6. The number of hydrogen-bond acceptors (Lipinski definition) is 4. The van der Waals surface area contributed by atoms with Gasteiger partial charge in [0.05, 0.1) is 5.69 Å². The Morgan fingerprint density at radius 2 is 2.10 bits per heavy atom. The van der Waals surface area contributed by atoms with Crippen LogP contribution < -0.4 is 11.3 Å². The van der Waals surface area contributed by atoms with Crippen LogP contribution in [0.4, 0.5) is 0 Å². The van der Waals surface area contributed by atoms with Crippen molar-refractivity contribution in [2.75, 3.05) is 0 Å². The monoisotopic (exact) mass is 275 g/mol. The fourth-order valence-corrected chi connectivity index (χ4v) is 1.92. The van der Waals surface area contributed by atoms with E-state index in [1.807, 2.05) is 20.8 Å². The normalized spacial score (nSPS) is 12.7. The molecule has 2 heterocycles. The van der Waals surface area contributed by atoms with E-state index in [-0.39, 0.29) is 22.8 Å². The topological polar surface area (TPSA) is 98.4 Å². The molecule has 0 bridgehead atoms. The summed E-state index contributed by atoms with van der Waals surface area (Å²) < 4.78 is 3.09. The van der Waals surface area contributed by atoms with Crippen molar-refractivity contribution < 1.29 is 5.21 Å². The predicted molar refractivity (Wildman–Crippen MR) is 75.3 cm³/mol. The van der Waals surface area contributed by atoms with Gasteiger partial charge in [0.2, 0.25) is 5.82 Å². The molecular weight excluding hydrogens is 258 g/mol. The zero-order chi connectivity index (χ0) is 14.9. The number of hydrogen-bond donors (Lipinski definition) is 2. The van der Waals surface area contributed by atoms with Crippen molar-refractivity contribution in [3.05, 3.63) is 46.8 Å². The molecular formula is C13H17N5O2. The average molecular weight is 275 g/mol. The second kappa shape index (κ2) is 4.84. The highest BCUT2D eigenvalue weighted by Gasteiger charge is 2.19. The Morgan fingerprint density at radius 3 is 2.70 bits per heavy atom. The minimum atomic E-state index is -0.362. The first-order valence-corrected chi connectivity index (χ1v) is 6.10. The largest absolute Gasteiger partial charge is 0.409 e. The summed E-state index contributed by atoms with van der Waals surface area (Å²) in [6.07, 6.45) is 4.83. The highest BCUT2D eigenvalue weighted by molar-refractivity contribution is 5.96. The van der Waals surface area contributed by atoms with E-state index in [1.54, 1.807) is 35.3 Å². The highest BCUT2D eigenvalue weighted by Crippen LogP contribution is 2.12. The summed E-state index contributed by atoms with van der Waals surface area (Å²) >= 11 is 0. The van der Waals surface area contributed by atoms with Crippen molar-refractivity contribution in [2.24, 2.45) is 10.9 Å². The molecule has 0 aliphatic carbocycles. The van der Waals surface area contributed by atoms with Crippen LogP contribution in [0.1, 0.15) is 26.5 Å². The second-order valence-corrected chi connectivity index (χ2v) is 5.35. The first-order chi connectivity index (χ1) is 9.36. The standard InChI is InChI=1S/C13H17N5O2/c1-13(2,3)18-8-6-15-11(12(18)19)17-7-4-5-9(17)10(14)16-20/h4-8,20H,1-3H3,(H2,14,16). The SMILES string of the molecule is CC(C)(C)n1ccnc(-n2cccc2/C(N)=N/O)c1=O. The van der Waals surface area contributed by atoms with Crippen LogP contribution in [-0.4, -0.2) is 25.2 Å². The molecule has 20 heavy (non-hydrogen) atoms. The maximum atomic E-state index is 12.5. The number of amidine groups is 1. The molecule has 3 N–H and O–H groups in total. The average Bonchev–Trinajstić information content (AvgIpc) is 2.85. The number of nitrogens with two attached hydrogens (primary N) is 1. The van der Waals surface area contributed by atoms with Gasteiger partial charge < -0.3 is 15.5 Å². The van der Waals surface area contributed by atoms with Crippen molar-refractivity contribution in [2.45, 2.75) is 26.3 Å². The number of aromatic nitrogens is 3. The van der Waals surface area contributed by atoms with Gasteiger partial charge in [-0.05, 0) is 32.9 Å². The molecule has 2 aromatic heterocycles. The predicted octanol–water partition coefficient (Wildman–Crippen LogP) is 0.884. The first-order valence-electron chi connectivity index (χ1n) is 6.10. The molecule has 0 saturated heterocycles. The molecule has 0 spiro atoms. The van der Waals surface area contributed by atoms with Crippen molar-refractivity contribution in [3.63, 3.8) is 0 Å². The van der Waals surface area contributed by atoms with Gasteiger partial charge in [-0.3, -0.25) is 9.36 Å². The van der Waals surface area contributed by atoms with Crippen LogP contribution in [0.25, 0.3) is 5.82 Å². The van der Waals surface area contributed by atoms with Gasteiger partial charge in [-0.1, -0.05) is 5.16 Å². The lowest BCUT2D eigenvalue weighted by molar-refractivity contribution is 0.318. The van der Waals surface area contributed by atoms with Gasteiger partial charge in [0.1, 0.15) is 0 Å². The molecule has 7 nitrogen and oxygen atoms in total. The van der Waals surface area contributed by atoms with E-state index in [0.29, 0.717) is 5.69 Å². The Kier molecular flexibility index (Phi) is 3.35. The summed E-state index contributed by atoms with van der Waals surface area (Å²) in [5, 5.41) is 11.7. The Hall–Kier alpha value is -2.57. The van der Waals surface area contributed by atoms with Crippen LogP contribution in [0.5, 0.6) is 0 Å². The molecule has 7 heteroatoms. The van der Waals surface area contributed by atoms with E-state index in [4.69, 9.17) is 10.9 Å². The van der Waals surface area contributed by atoms with E-state index >= 15 is 0 Å². The van der Waals surface area contributed by atoms with Crippen LogP contribution in [0.3, 0.4) is 0 Å². The summed E-state index contributed by atoms with van der Waals surface area (Å²) in [6, 6.07) is 3.34. The molecule has 106 valence electrons. The number of rotatable bonds is 2. The van der Waals surface area contributed by atoms with Gasteiger partial charge in [-0.25, -0.2) is 4.98 Å². The number of nitrogens with zero attached hydrogens (tertiary/aromatic N) is 4. The van der Waals surface area contributed by atoms with E-state index in [9.17, 15) is 4.79 Å². The fourth-order valence-electron chi connectivity index (χ4n) is 1.92. The molecule has 0 radical (unpaired) electrons. The van der Waals surface area contributed by atoms with Gasteiger partial charge >= 0.3 is 0 Å². The van der Waals surface area contributed by atoms with Crippen LogP contribution in [-0.2, 0) is 5.54 Å². The van der Waals surface area contributed by atoms with E-state index in [1.165, 1.54) is 4.57 Å². The maximum absolute atomic E-state index is 12.5. The molecule has 0 aromatic carbocycles. The fraction of sp³-hybridized carbons (Fsp3) is 0.308. The van der Waals surface area contributed by atoms with Crippen LogP contribution in [0, 0.1) is 0 Å². The summed E-state index contributed by atoms with van der Waals surface area (Å²) in [7, 11) is 0. The Balaban J connectivity index is 2.67. The van der Waals surface area contributed by atoms with Gasteiger partial charge in [-0.15, -0.1) is 0 Å². The third kappa shape index (κ3) is 2.29. The molecule has 2 rings (SSSR count). The maximum Gasteiger partial charge on any atom is 0.294 e. The molecule has 0 aliphatic rings. The summed E-state index contributed by atoms with van der Waals surface area (Å²) in [5.74, 6) is 0.122. The summed E-state index contributed by atoms with van der Waals surface area (Å²) in [6.45, 7) is 5.79. The molecule has 0 amide bonds. The Bertz CT molecular complexity index is 706. The lowest BCUT2D eigenvalue weighted by Gasteiger charge is -2.22. The summed E-state index contributed by atoms with van der Waals surface area (Å²) in [4.78, 5) is 16.6. The Labute approximate surface area is 116 Å². The van der Waals surface area contributed by atoms with E-state index in [0.717, 1.165) is 0 Å². The van der Waals surface area contributed by atoms with Crippen molar-refractivity contribution >= 4 is 5.84 Å². The molecule has 0 unspecified atom stereocenters. The molecule has 2 aromatic rings. The third-order valence-corrected chi connectivity index (χ3v) is 2.89. The quantitative estimate of drug-likeness (QED) is 0.368. The Morgan fingerprint density at radius 1 is 1.40 bits per heavy atom. The van der Waals surface area contributed by atoms with Crippen LogP contribution in [0.15, 0.2) is 40.7 Å². The zero-order valence-corrected chi connectivity index (χ0v) is 11.6. The van der Waals surface area contributed by atoms with Crippen molar-refractivity contribution in [3.8, 4) is 5.82 Å². The molecule has 0 aliphatic heterocycles. The van der Waals surface area contributed by atoms with Gasteiger partial charge in [0, 0.05) is 24.1 Å². The van der Waals surface area contributed by atoms with Gasteiger partial charge in [0.15, 0.2) is 5.84 Å². The summed E-state index contributed by atoms with van der Waals surface area (Å²) in [5.41, 5.74) is 5.39. The smallest absolute Gasteiger partial charge is 0.294 e. The molecule has 0 saturated carbocycles.